The molecule has 0 saturated carbocycles. The molecule has 2 aromatic rings. The van der Waals surface area contributed by atoms with Gasteiger partial charge in [-0.1, -0.05) is 6.07 Å². The fraction of sp³-hybridized carbons (Fsp3) is 0.263. The predicted octanol–water partition coefficient (Wildman–Crippen LogP) is 3.78. The minimum atomic E-state index is -0.258. The van der Waals surface area contributed by atoms with Crippen molar-refractivity contribution in [3.05, 3.63) is 45.8 Å². The quantitative estimate of drug-likeness (QED) is 0.830. The first kappa shape index (κ1) is 17.1. The first-order valence-corrected chi connectivity index (χ1v) is 8.73. The number of anilines is 1. The minimum absolute atomic E-state index is 0.258. The second-order valence-electron chi connectivity index (χ2n) is 5.61. The molecule has 3 rings (SSSR count). The van der Waals surface area contributed by atoms with E-state index in [-0.39, 0.29) is 5.91 Å². The van der Waals surface area contributed by atoms with E-state index in [9.17, 15) is 10.1 Å². The van der Waals surface area contributed by atoms with Crippen molar-refractivity contribution in [3.8, 4) is 17.6 Å². The largest absolute Gasteiger partial charge is 0.493 e. The van der Waals surface area contributed by atoms with Gasteiger partial charge in [-0.25, -0.2) is 0 Å². The number of carbonyl (C=O) groups excluding carboxylic acids is 1. The molecule has 6 heteroatoms. The molecule has 1 aliphatic carbocycles. The number of rotatable bonds is 5. The van der Waals surface area contributed by atoms with E-state index in [1.54, 1.807) is 32.4 Å². The van der Waals surface area contributed by atoms with Crippen molar-refractivity contribution in [1.82, 2.24) is 0 Å². The number of fused-ring (bicyclic) bond motifs is 1. The molecule has 0 saturated heterocycles. The number of amides is 1. The highest BCUT2D eigenvalue weighted by Gasteiger charge is 2.22. The van der Waals surface area contributed by atoms with Crippen LogP contribution < -0.4 is 14.8 Å². The third-order valence-corrected chi connectivity index (χ3v) is 5.31. The lowest BCUT2D eigenvalue weighted by Gasteiger charge is -2.07. The highest BCUT2D eigenvalue weighted by Crippen LogP contribution is 2.38. The Hall–Kier alpha value is -2.78. The maximum Gasteiger partial charge on any atom is 0.249 e. The van der Waals surface area contributed by atoms with Gasteiger partial charge in [-0.2, -0.15) is 5.26 Å². The summed E-state index contributed by atoms with van der Waals surface area (Å²) >= 11 is 1.51. The number of carbonyl (C=O) groups is 1. The Bertz CT molecular complexity index is 878. The van der Waals surface area contributed by atoms with Crippen LogP contribution in [0, 0.1) is 11.3 Å². The molecule has 5 nitrogen and oxygen atoms in total. The number of nitrogens with one attached hydrogen (secondary N) is 1. The van der Waals surface area contributed by atoms with Crippen LogP contribution in [0.1, 0.15) is 28.0 Å². The summed E-state index contributed by atoms with van der Waals surface area (Å²) in [5, 5.41) is 12.8. The Balaban J connectivity index is 1.73. The van der Waals surface area contributed by atoms with E-state index in [1.807, 2.05) is 6.07 Å². The van der Waals surface area contributed by atoms with Gasteiger partial charge in [0.25, 0.3) is 0 Å². The van der Waals surface area contributed by atoms with Crippen LogP contribution >= 0.6 is 11.3 Å². The van der Waals surface area contributed by atoms with Gasteiger partial charge in [-0.05, 0) is 48.6 Å². The Morgan fingerprint density at radius 1 is 1.28 bits per heavy atom. The van der Waals surface area contributed by atoms with Gasteiger partial charge in [0.15, 0.2) is 11.5 Å². The van der Waals surface area contributed by atoms with E-state index in [1.165, 1.54) is 22.3 Å². The average molecular weight is 354 g/mol. The van der Waals surface area contributed by atoms with Crippen molar-refractivity contribution in [2.24, 2.45) is 0 Å². The summed E-state index contributed by atoms with van der Waals surface area (Å²) in [6, 6.07) is 7.64. The molecule has 0 radical (unpaired) electrons. The van der Waals surface area contributed by atoms with E-state index in [0.717, 1.165) is 30.4 Å². The lowest BCUT2D eigenvalue weighted by atomic mass is 10.1. The molecule has 1 aromatic carbocycles. The summed E-state index contributed by atoms with van der Waals surface area (Å²) in [5.41, 5.74) is 2.54. The van der Waals surface area contributed by atoms with Crippen LogP contribution in [0.15, 0.2) is 24.3 Å². The van der Waals surface area contributed by atoms with Gasteiger partial charge in [0.2, 0.25) is 5.91 Å². The zero-order valence-corrected chi connectivity index (χ0v) is 14.9. The van der Waals surface area contributed by atoms with Crippen molar-refractivity contribution in [1.29, 1.82) is 5.26 Å². The molecule has 1 aliphatic rings. The third-order valence-electron chi connectivity index (χ3n) is 4.10. The van der Waals surface area contributed by atoms with E-state index < -0.39 is 0 Å². The second kappa shape index (κ2) is 7.41. The molecular formula is C19H18N2O3S. The SMILES string of the molecule is COc1ccc(/C=C/C(=O)Nc2sc3c(c2C#N)CCC3)cc1OC. The Labute approximate surface area is 150 Å². The van der Waals surface area contributed by atoms with E-state index in [0.29, 0.717) is 22.1 Å². The number of hydrogen-bond donors (Lipinski definition) is 1. The standard InChI is InChI=1S/C19H18N2O3S/c1-23-15-8-6-12(10-16(15)24-2)7-9-18(22)21-19-14(11-20)13-4-3-5-17(13)25-19/h6-10H,3-5H2,1-2H3,(H,21,22)/b9-7+. The van der Waals surface area contributed by atoms with Crippen LogP contribution in [-0.2, 0) is 17.6 Å². The molecule has 0 fully saturated rings. The van der Waals surface area contributed by atoms with Gasteiger partial charge in [-0.3, -0.25) is 4.79 Å². The highest BCUT2D eigenvalue weighted by molar-refractivity contribution is 7.16. The molecule has 1 amide bonds. The summed E-state index contributed by atoms with van der Waals surface area (Å²) < 4.78 is 10.4. The average Bonchev–Trinajstić information content (AvgIpc) is 3.20. The molecule has 0 atom stereocenters. The maximum absolute atomic E-state index is 12.2. The van der Waals surface area contributed by atoms with Gasteiger partial charge in [0.05, 0.1) is 19.8 Å². The van der Waals surface area contributed by atoms with Crippen molar-refractivity contribution in [3.63, 3.8) is 0 Å². The van der Waals surface area contributed by atoms with Gasteiger partial charge in [0, 0.05) is 11.0 Å². The molecule has 0 spiro atoms. The minimum Gasteiger partial charge on any atom is -0.493 e. The van der Waals surface area contributed by atoms with Crippen molar-refractivity contribution >= 4 is 28.3 Å². The van der Waals surface area contributed by atoms with Gasteiger partial charge >= 0.3 is 0 Å². The summed E-state index contributed by atoms with van der Waals surface area (Å²) in [6.07, 6.45) is 6.15. The zero-order valence-electron chi connectivity index (χ0n) is 14.1. The number of thiophene rings is 1. The van der Waals surface area contributed by atoms with Crippen LogP contribution in [0.3, 0.4) is 0 Å². The molecular weight excluding hydrogens is 336 g/mol. The normalized spacial score (nSPS) is 12.7. The third kappa shape index (κ3) is 3.52. The van der Waals surface area contributed by atoms with E-state index in [4.69, 9.17) is 9.47 Å². The Morgan fingerprint density at radius 2 is 2.08 bits per heavy atom. The first-order valence-electron chi connectivity index (χ1n) is 7.92. The number of benzene rings is 1. The van der Waals surface area contributed by atoms with Crippen LogP contribution in [0.2, 0.25) is 0 Å². The fourth-order valence-corrected chi connectivity index (χ4v) is 4.14. The number of ether oxygens (including phenoxy) is 2. The molecule has 128 valence electrons. The number of nitrogens with zero attached hydrogens (tertiary/aromatic N) is 1. The molecule has 1 N–H and O–H groups in total. The van der Waals surface area contributed by atoms with Crippen molar-refractivity contribution in [2.45, 2.75) is 19.3 Å². The smallest absolute Gasteiger partial charge is 0.249 e. The predicted molar refractivity (Wildman–Crippen MR) is 98.3 cm³/mol. The summed E-state index contributed by atoms with van der Waals surface area (Å²) in [4.78, 5) is 13.4. The number of aryl methyl sites for hydroxylation is 1. The summed E-state index contributed by atoms with van der Waals surface area (Å²) in [6.45, 7) is 0. The van der Waals surface area contributed by atoms with Crippen LogP contribution in [0.5, 0.6) is 11.5 Å². The number of hydrogen-bond acceptors (Lipinski definition) is 5. The van der Waals surface area contributed by atoms with Crippen molar-refractivity contribution < 1.29 is 14.3 Å². The summed E-state index contributed by atoms with van der Waals surface area (Å²) in [7, 11) is 3.14. The van der Waals surface area contributed by atoms with Crippen LogP contribution in [0.4, 0.5) is 5.00 Å². The fourth-order valence-electron chi connectivity index (χ4n) is 2.89. The van der Waals surface area contributed by atoms with E-state index >= 15 is 0 Å². The zero-order chi connectivity index (χ0) is 17.8. The molecule has 0 unspecified atom stereocenters. The van der Waals surface area contributed by atoms with Gasteiger partial charge in [0.1, 0.15) is 11.1 Å². The van der Waals surface area contributed by atoms with E-state index in [2.05, 4.69) is 11.4 Å². The second-order valence-corrected chi connectivity index (χ2v) is 6.72. The Morgan fingerprint density at radius 3 is 2.80 bits per heavy atom. The first-order chi connectivity index (χ1) is 12.2. The monoisotopic (exact) mass is 354 g/mol. The molecule has 1 aromatic heterocycles. The topological polar surface area (TPSA) is 71.3 Å². The van der Waals surface area contributed by atoms with Crippen LogP contribution in [0.25, 0.3) is 6.08 Å². The highest BCUT2D eigenvalue weighted by atomic mass is 32.1. The molecule has 1 heterocycles. The van der Waals surface area contributed by atoms with Gasteiger partial charge < -0.3 is 14.8 Å². The maximum atomic E-state index is 12.2. The Kier molecular flexibility index (Phi) is 5.05. The lowest BCUT2D eigenvalue weighted by molar-refractivity contribution is -0.111. The number of nitriles is 1. The molecule has 0 bridgehead atoms. The number of methoxy groups -OCH3 is 2. The molecule has 25 heavy (non-hydrogen) atoms. The summed E-state index contributed by atoms with van der Waals surface area (Å²) in [5.74, 6) is 0.980. The molecule has 0 aliphatic heterocycles. The lowest BCUT2D eigenvalue weighted by Crippen LogP contribution is -2.07. The van der Waals surface area contributed by atoms with Crippen LogP contribution in [-0.4, -0.2) is 20.1 Å². The van der Waals surface area contributed by atoms with Crippen molar-refractivity contribution in [2.75, 3.05) is 19.5 Å². The van der Waals surface area contributed by atoms with Gasteiger partial charge in [-0.15, -0.1) is 11.3 Å².